The number of hydrogen-bond donors (Lipinski definition) is 2. The number of nitrogens with zero attached hydrogens (tertiary/aromatic N) is 3. The Balaban J connectivity index is 1.49. The molecule has 1 aliphatic heterocycles. The monoisotopic (exact) mass is 506 g/mol. The van der Waals surface area contributed by atoms with Gasteiger partial charge in [0.25, 0.3) is 0 Å². The zero-order valence-corrected chi connectivity index (χ0v) is 22.2. The Bertz CT molecular complexity index is 1220. The molecule has 0 spiro atoms. The van der Waals surface area contributed by atoms with Gasteiger partial charge in [-0.1, -0.05) is 44.2 Å². The molecular formula is C28H34N4O3S. The highest BCUT2D eigenvalue weighted by atomic mass is 32.1. The summed E-state index contributed by atoms with van der Waals surface area (Å²) in [6.07, 6.45) is 2.97. The summed E-state index contributed by atoms with van der Waals surface area (Å²) in [6, 6.07) is 9.10. The number of aliphatic hydroxyl groups excluding tert-OH is 1. The standard InChI is InChI=1S/C28H34N4O3S/c1-16(2)25(22-10-17(3)12-29-13-22)28(35)32-14-23(33)11-24(32)27(34)31-18(4)20-6-8-21(9-7-20)26-19(5)30-15-36-26/h6-10,12-13,15-16,18,23-25,33H,11,14H2,1-5H3,(H,31,34)/t18-,23+,24-,25?/m0/s1. The van der Waals surface area contributed by atoms with Gasteiger partial charge in [0.2, 0.25) is 11.8 Å². The minimum absolute atomic E-state index is 0.0159. The second kappa shape index (κ2) is 10.9. The van der Waals surface area contributed by atoms with E-state index in [9.17, 15) is 14.7 Å². The molecule has 1 aromatic carbocycles. The summed E-state index contributed by atoms with van der Waals surface area (Å²) in [5.74, 6) is -0.814. The first-order valence-corrected chi connectivity index (χ1v) is 13.2. The fourth-order valence-electron chi connectivity index (χ4n) is 4.94. The molecule has 2 aromatic heterocycles. The van der Waals surface area contributed by atoms with Crippen LogP contribution in [0.4, 0.5) is 0 Å². The molecule has 3 aromatic rings. The van der Waals surface area contributed by atoms with Crippen LogP contribution in [0.25, 0.3) is 10.4 Å². The van der Waals surface area contributed by atoms with Crippen LogP contribution in [-0.2, 0) is 9.59 Å². The molecule has 0 radical (unpaired) electrons. The molecule has 3 heterocycles. The number of nitrogens with one attached hydrogen (secondary N) is 1. The molecule has 1 unspecified atom stereocenters. The number of benzene rings is 1. The summed E-state index contributed by atoms with van der Waals surface area (Å²) in [6.45, 7) is 10.00. The van der Waals surface area contributed by atoms with E-state index in [1.54, 1.807) is 28.6 Å². The predicted molar refractivity (Wildman–Crippen MR) is 142 cm³/mol. The van der Waals surface area contributed by atoms with Gasteiger partial charge in [-0.3, -0.25) is 14.6 Å². The predicted octanol–water partition coefficient (Wildman–Crippen LogP) is 4.40. The Hall–Kier alpha value is -3.10. The van der Waals surface area contributed by atoms with Crippen molar-refractivity contribution < 1.29 is 14.7 Å². The first-order chi connectivity index (χ1) is 17.2. The summed E-state index contributed by atoms with van der Waals surface area (Å²) in [7, 11) is 0. The Morgan fingerprint density at radius 3 is 2.44 bits per heavy atom. The van der Waals surface area contributed by atoms with Crippen molar-refractivity contribution in [3.63, 3.8) is 0 Å². The van der Waals surface area contributed by atoms with Crippen molar-refractivity contribution in [2.24, 2.45) is 5.92 Å². The second-order valence-corrected chi connectivity index (χ2v) is 10.9. The number of rotatable bonds is 7. The van der Waals surface area contributed by atoms with Crippen LogP contribution in [0.2, 0.25) is 0 Å². The lowest BCUT2D eigenvalue weighted by atomic mass is 9.87. The molecule has 36 heavy (non-hydrogen) atoms. The third-order valence-corrected chi connectivity index (χ3v) is 7.81. The second-order valence-electron chi connectivity index (χ2n) is 10.0. The highest BCUT2D eigenvalue weighted by Crippen LogP contribution is 2.32. The summed E-state index contributed by atoms with van der Waals surface area (Å²) >= 11 is 1.60. The zero-order valence-electron chi connectivity index (χ0n) is 21.4. The van der Waals surface area contributed by atoms with E-state index in [1.807, 2.05) is 70.5 Å². The number of carbonyl (C=O) groups excluding carboxylic acids is 2. The molecule has 7 nitrogen and oxygen atoms in total. The smallest absolute Gasteiger partial charge is 0.243 e. The van der Waals surface area contributed by atoms with E-state index in [2.05, 4.69) is 15.3 Å². The van der Waals surface area contributed by atoms with Gasteiger partial charge in [-0.25, -0.2) is 4.98 Å². The number of β-amino-alcohol motifs (C(OH)–C–C–N with tert-alkyl or cyclic N) is 1. The number of likely N-dealkylation sites (tertiary alicyclic amines) is 1. The normalized spacial score (nSPS) is 19.4. The van der Waals surface area contributed by atoms with Crippen LogP contribution < -0.4 is 5.32 Å². The molecule has 0 saturated carbocycles. The number of carbonyl (C=O) groups is 2. The van der Waals surface area contributed by atoms with E-state index in [1.165, 1.54) is 0 Å². The van der Waals surface area contributed by atoms with Gasteiger partial charge in [-0.2, -0.15) is 0 Å². The highest BCUT2D eigenvalue weighted by molar-refractivity contribution is 7.13. The fraction of sp³-hybridized carbons (Fsp3) is 0.429. The topological polar surface area (TPSA) is 95.4 Å². The van der Waals surface area contributed by atoms with Crippen molar-refractivity contribution in [3.8, 4) is 10.4 Å². The van der Waals surface area contributed by atoms with Crippen LogP contribution in [0.15, 0.2) is 48.2 Å². The summed E-state index contributed by atoms with van der Waals surface area (Å²) in [5, 5.41) is 13.5. The molecule has 4 rings (SSSR count). The van der Waals surface area contributed by atoms with E-state index < -0.39 is 18.1 Å². The first-order valence-electron chi connectivity index (χ1n) is 12.4. The molecule has 4 atom stereocenters. The molecule has 0 aliphatic carbocycles. The molecule has 1 saturated heterocycles. The maximum absolute atomic E-state index is 13.7. The van der Waals surface area contributed by atoms with Gasteiger partial charge in [0.05, 0.1) is 34.1 Å². The number of aromatic nitrogens is 2. The van der Waals surface area contributed by atoms with E-state index in [4.69, 9.17) is 0 Å². The average Bonchev–Trinajstić information content (AvgIpc) is 3.44. The Kier molecular flexibility index (Phi) is 7.85. The van der Waals surface area contributed by atoms with Gasteiger partial charge in [0.1, 0.15) is 6.04 Å². The van der Waals surface area contributed by atoms with Crippen molar-refractivity contribution in [1.82, 2.24) is 20.2 Å². The van der Waals surface area contributed by atoms with Crippen molar-refractivity contribution >= 4 is 23.2 Å². The molecule has 2 N–H and O–H groups in total. The lowest BCUT2D eigenvalue weighted by Gasteiger charge is -2.30. The highest BCUT2D eigenvalue weighted by Gasteiger charge is 2.42. The van der Waals surface area contributed by atoms with Crippen molar-refractivity contribution in [2.75, 3.05) is 6.54 Å². The van der Waals surface area contributed by atoms with Crippen LogP contribution in [0.1, 0.15) is 61.5 Å². The summed E-state index contributed by atoms with van der Waals surface area (Å²) in [4.78, 5) is 38.3. The van der Waals surface area contributed by atoms with Gasteiger partial charge >= 0.3 is 0 Å². The van der Waals surface area contributed by atoms with Crippen LogP contribution in [-0.4, -0.2) is 50.5 Å². The third-order valence-electron chi connectivity index (χ3n) is 6.83. The number of hydrogen-bond acceptors (Lipinski definition) is 6. The van der Waals surface area contributed by atoms with Crippen molar-refractivity contribution in [1.29, 1.82) is 0 Å². The van der Waals surface area contributed by atoms with Crippen LogP contribution >= 0.6 is 11.3 Å². The van der Waals surface area contributed by atoms with Crippen LogP contribution in [0.3, 0.4) is 0 Å². The number of aliphatic hydroxyl groups is 1. The van der Waals surface area contributed by atoms with Gasteiger partial charge in [-0.05, 0) is 48.9 Å². The van der Waals surface area contributed by atoms with Crippen LogP contribution in [0.5, 0.6) is 0 Å². The molecule has 0 bridgehead atoms. The number of thiazole rings is 1. The Morgan fingerprint density at radius 2 is 1.83 bits per heavy atom. The molecule has 1 aliphatic rings. The van der Waals surface area contributed by atoms with Crippen molar-refractivity contribution in [3.05, 3.63) is 70.6 Å². The maximum Gasteiger partial charge on any atom is 0.243 e. The number of aryl methyl sites for hydroxylation is 2. The van der Waals surface area contributed by atoms with Crippen LogP contribution in [0, 0.1) is 19.8 Å². The molecule has 190 valence electrons. The number of pyridine rings is 1. The zero-order chi connectivity index (χ0) is 26.0. The third kappa shape index (κ3) is 5.50. The lowest BCUT2D eigenvalue weighted by Crippen LogP contribution is -2.48. The summed E-state index contributed by atoms with van der Waals surface area (Å²) < 4.78 is 0. The SMILES string of the molecule is Cc1cncc(C(C(=O)N2C[C@H](O)C[C@H]2C(=O)N[C@@H](C)c2ccc(-c3scnc3C)cc2)C(C)C)c1. The lowest BCUT2D eigenvalue weighted by molar-refractivity contribution is -0.140. The molecule has 1 fully saturated rings. The first kappa shape index (κ1) is 26.0. The largest absolute Gasteiger partial charge is 0.391 e. The Labute approximate surface area is 216 Å². The van der Waals surface area contributed by atoms with Gasteiger partial charge < -0.3 is 15.3 Å². The van der Waals surface area contributed by atoms with E-state index in [-0.39, 0.29) is 36.7 Å². The van der Waals surface area contributed by atoms with E-state index in [0.717, 1.165) is 32.8 Å². The molecule has 2 amide bonds. The van der Waals surface area contributed by atoms with Gasteiger partial charge in [-0.15, -0.1) is 11.3 Å². The fourth-order valence-corrected chi connectivity index (χ4v) is 5.75. The van der Waals surface area contributed by atoms with Gasteiger partial charge in [0, 0.05) is 25.4 Å². The summed E-state index contributed by atoms with van der Waals surface area (Å²) in [5.41, 5.74) is 6.71. The Morgan fingerprint density at radius 1 is 1.11 bits per heavy atom. The van der Waals surface area contributed by atoms with E-state index >= 15 is 0 Å². The average molecular weight is 507 g/mol. The minimum atomic E-state index is -0.731. The van der Waals surface area contributed by atoms with Crippen molar-refractivity contribution in [2.45, 2.75) is 65.1 Å². The maximum atomic E-state index is 13.7. The molecular weight excluding hydrogens is 472 g/mol. The van der Waals surface area contributed by atoms with E-state index in [0.29, 0.717) is 0 Å². The van der Waals surface area contributed by atoms with Gasteiger partial charge in [0.15, 0.2) is 0 Å². The minimum Gasteiger partial charge on any atom is -0.391 e. The quantitative estimate of drug-likeness (QED) is 0.495. The molecule has 8 heteroatoms. The number of amides is 2.